The molecule has 0 radical (unpaired) electrons. The molecule has 0 aliphatic rings. The molecule has 6 heteroatoms. The summed E-state index contributed by atoms with van der Waals surface area (Å²) in [6.07, 6.45) is 3.05. The quantitative estimate of drug-likeness (QED) is 0.364. The molecule has 27 heavy (non-hydrogen) atoms. The van der Waals surface area contributed by atoms with E-state index < -0.39 is 0 Å². The van der Waals surface area contributed by atoms with Crippen molar-refractivity contribution in [3.8, 4) is 0 Å². The second-order valence-corrected chi connectivity index (χ2v) is 6.41. The highest BCUT2D eigenvalue weighted by Crippen LogP contribution is 2.22. The van der Waals surface area contributed by atoms with Crippen LogP contribution in [-0.2, 0) is 4.79 Å². The van der Waals surface area contributed by atoms with Gasteiger partial charge in [0, 0.05) is 21.8 Å². The smallest absolute Gasteiger partial charge is 0.248 e. The van der Waals surface area contributed by atoms with Crippen LogP contribution in [-0.4, -0.2) is 5.91 Å². The molecular weight excluding hydrogens is 381 g/mol. The average Bonchev–Trinajstić information content (AvgIpc) is 2.67. The number of halogens is 2. The Morgan fingerprint density at radius 3 is 2.19 bits per heavy atom. The van der Waals surface area contributed by atoms with Gasteiger partial charge in [0.25, 0.3) is 0 Å². The van der Waals surface area contributed by atoms with Gasteiger partial charge in [-0.15, -0.1) is 0 Å². The molecule has 3 rings (SSSR count). The molecule has 1 N–H and O–H groups in total. The molecule has 4 nitrogen and oxygen atoms in total. The number of nitrogens with one attached hydrogen (secondary N) is 1. The summed E-state index contributed by atoms with van der Waals surface area (Å²) in [7, 11) is 0. The summed E-state index contributed by atoms with van der Waals surface area (Å²) < 4.78 is 0. The summed E-state index contributed by atoms with van der Waals surface area (Å²) in [5.74, 6) is -0.264. The van der Waals surface area contributed by atoms with Gasteiger partial charge in [-0.3, -0.25) is 4.79 Å². The lowest BCUT2D eigenvalue weighted by atomic mass is 10.2. The maximum atomic E-state index is 12.1. The van der Waals surface area contributed by atoms with E-state index in [1.165, 1.54) is 6.08 Å². The molecule has 134 valence electrons. The lowest BCUT2D eigenvalue weighted by Crippen LogP contribution is -2.07. The van der Waals surface area contributed by atoms with E-state index in [1.54, 1.807) is 48.5 Å². The molecule has 0 saturated heterocycles. The molecule has 0 aliphatic heterocycles. The lowest BCUT2D eigenvalue weighted by molar-refractivity contribution is -0.111. The van der Waals surface area contributed by atoms with Crippen molar-refractivity contribution in [1.82, 2.24) is 0 Å². The molecule has 0 fully saturated rings. The molecule has 0 saturated carbocycles. The number of hydrogen-bond donors (Lipinski definition) is 1. The van der Waals surface area contributed by atoms with Crippen molar-refractivity contribution < 1.29 is 4.79 Å². The Balaban J connectivity index is 1.60. The number of carbonyl (C=O) groups is 1. The topological polar surface area (TPSA) is 53.8 Å². The molecule has 0 bridgehead atoms. The van der Waals surface area contributed by atoms with Crippen LogP contribution in [0.3, 0.4) is 0 Å². The van der Waals surface area contributed by atoms with Gasteiger partial charge in [0.15, 0.2) is 0 Å². The summed E-state index contributed by atoms with van der Waals surface area (Å²) in [5, 5.41) is 12.1. The number of hydrogen-bond acceptors (Lipinski definition) is 3. The summed E-state index contributed by atoms with van der Waals surface area (Å²) >= 11 is 11.9. The third-order valence-electron chi connectivity index (χ3n) is 3.55. The normalized spacial score (nSPS) is 11.2. The van der Waals surface area contributed by atoms with Gasteiger partial charge in [-0.05, 0) is 60.2 Å². The van der Waals surface area contributed by atoms with Crippen molar-refractivity contribution in [1.29, 1.82) is 0 Å². The summed E-state index contributed by atoms with van der Waals surface area (Å²) in [6, 6.07) is 21.7. The Morgan fingerprint density at radius 2 is 1.52 bits per heavy atom. The summed E-state index contributed by atoms with van der Waals surface area (Å²) in [5.41, 5.74) is 2.85. The van der Waals surface area contributed by atoms with Crippen LogP contribution < -0.4 is 5.32 Å². The largest absolute Gasteiger partial charge is 0.323 e. The highest BCUT2D eigenvalue weighted by molar-refractivity contribution is 6.35. The minimum Gasteiger partial charge on any atom is -0.323 e. The molecule has 0 aliphatic carbocycles. The Labute approximate surface area is 167 Å². The van der Waals surface area contributed by atoms with Crippen molar-refractivity contribution in [3.63, 3.8) is 0 Å². The molecule has 0 unspecified atom stereocenters. The second kappa shape index (κ2) is 9.12. The van der Waals surface area contributed by atoms with Crippen LogP contribution in [0.2, 0.25) is 10.0 Å². The first-order valence-electron chi connectivity index (χ1n) is 8.11. The third-order valence-corrected chi connectivity index (χ3v) is 4.11. The molecule has 0 atom stereocenters. The maximum Gasteiger partial charge on any atom is 0.248 e. The second-order valence-electron chi connectivity index (χ2n) is 5.57. The van der Waals surface area contributed by atoms with Crippen LogP contribution in [0.25, 0.3) is 6.08 Å². The van der Waals surface area contributed by atoms with E-state index in [1.807, 2.05) is 30.3 Å². The van der Waals surface area contributed by atoms with Crippen LogP contribution in [0.4, 0.5) is 17.1 Å². The Kier molecular flexibility index (Phi) is 6.36. The van der Waals surface area contributed by atoms with Crippen LogP contribution in [0.5, 0.6) is 0 Å². The number of nitrogens with zero attached hydrogens (tertiary/aromatic N) is 2. The first-order valence-corrected chi connectivity index (χ1v) is 8.87. The molecule has 3 aromatic carbocycles. The van der Waals surface area contributed by atoms with Gasteiger partial charge in [0.1, 0.15) is 0 Å². The van der Waals surface area contributed by atoms with Crippen LogP contribution in [0.15, 0.2) is 89.1 Å². The molecule has 1 amide bonds. The van der Waals surface area contributed by atoms with Crippen LogP contribution in [0.1, 0.15) is 5.56 Å². The van der Waals surface area contributed by atoms with Gasteiger partial charge in [0.2, 0.25) is 5.91 Å². The van der Waals surface area contributed by atoms with E-state index >= 15 is 0 Å². The summed E-state index contributed by atoms with van der Waals surface area (Å²) in [6.45, 7) is 0. The van der Waals surface area contributed by atoms with Gasteiger partial charge in [-0.1, -0.05) is 47.5 Å². The van der Waals surface area contributed by atoms with E-state index in [9.17, 15) is 4.79 Å². The fourth-order valence-corrected chi connectivity index (χ4v) is 2.68. The molecule has 0 spiro atoms. The Morgan fingerprint density at radius 1 is 0.852 bits per heavy atom. The number of rotatable bonds is 5. The van der Waals surface area contributed by atoms with Crippen molar-refractivity contribution in [3.05, 3.63) is 94.5 Å². The van der Waals surface area contributed by atoms with Gasteiger partial charge >= 0.3 is 0 Å². The highest BCUT2D eigenvalue weighted by Gasteiger charge is 2.01. The molecule has 3 aromatic rings. The third kappa shape index (κ3) is 5.78. The number of azo groups is 1. The van der Waals surface area contributed by atoms with E-state index in [0.29, 0.717) is 27.0 Å². The zero-order chi connectivity index (χ0) is 19.1. The number of carbonyl (C=O) groups excluding carboxylic acids is 1. The number of benzene rings is 3. The van der Waals surface area contributed by atoms with Gasteiger partial charge in [-0.25, -0.2) is 0 Å². The molecule has 0 heterocycles. The van der Waals surface area contributed by atoms with Gasteiger partial charge < -0.3 is 5.32 Å². The first kappa shape index (κ1) is 18.8. The first-order chi connectivity index (χ1) is 13.1. The fourth-order valence-electron chi connectivity index (χ4n) is 2.21. The molecule has 0 aromatic heterocycles. The van der Waals surface area contributed by atoms with E-state index in [-0.39, 0.29) is 5.91 Å². The zero-order valence-electron chi connectivity index (χ0n) is 14.1. The van der Waals surface area contributed by atoms with E-state index in [4.69, 9.17) is 23.2 Å². The van der Waals surface area contributed by atoms with E-state index in [0.717, 1.165) is 5.69 Å². The summed E-state index contributed by atoms with van der Waals surface area (Å²) in [4.78, 5) is 12.1. The number of amides is 1. The average molecular weight is 396 g/mol. The van der Waals surface area contributed by atoms with Crippen LogP contribution >= 0.6 is 23.2 Å². The fraction of sp³-hybridized carbons (Fsp3) is 0. The van der Waals surface area contributed by atoms with E-state index in [2.05, 4.69) is 15.5 Å². The van der Waals surface area contributed by atoms with Gasteiger partial charge in [-0.2, -0.15) is 10.2 Å². The van der Waals surface area contributed by atoms with Gasteiger partial charge in [0.05, 0.1) is 11.4 Å². The highest BCUT2D eigenvalue weighted by atomic mass is 35.5. The van der Waals surface area contributed by atoms with Crippen molar-refractivity contribution in [2.45, 2.75) is 0 Å². The minimum absolute atomic E-state index is 0.264. The SMILES string of the molecule is O=C(/C=C/c1ccc(Cl)cc1Cl)Nc1ccc(N=Nc2ccccc2)cc1. The van der Waals surface area contributed by atoms with Crippen molar-refractivity contribution in [2.75, 3.05) is 5.32 Å². The zero-order valence-corrected chi connectivity index (χ0v) is 15.7. The standard InChI is InChI=1S/C21H15Cl2N3O/c22-16-8-6-15(20(23)14-16)7-13-21(27)24-17-9-11-19(12-10-17)26-25-18-4-2-1-3-5-18/h1-14H,(H,24,27)/b13-7+,26-25?. The predicted octanol–water partition coefficient (Wildman–Crippen LogP) is 7.06. The monoisotopic (exact) mass is 395 g/mol. The lowest BCUT2D eigenvalue weighted by Gasteiger charge is -2.03. The Hall–Kier alpha value is -2.95. The predicted molar refractivity (Wildman–Crippen MR) is 111 cm³/mol. The minimum atomic E-state index is -0.264. The van der Waals surface area contributed by atoms with Crippen LogP contribution in [0, 0.1) is 0 Å². The molecular formula is C21H15Cl2N3O. The maximum absolute atomic E-state index is 12.1. The van der Waals surface area contributed by atoms with Crippen molar-refractivity contribution >= 4 is 52.2 Å². The Bertz CT molecular complexity index is 984. The van der Waals surface area contributed by atoms with Crippen molar-refractivity contribution in [2.24, 2.45) is 10.2 Å². The number of anilines is 1.